The number of ether oxygens (including phenoxy) is 1. The zero-order chi connectivity index (χ0) is 24.8. The third-order valence-electron chi connectivity index (χ3n) is 7.41. The van der Waals surface area contributed by atoms with Crippen LogP contribution < -0.4 is 10.1 Å². The molecule has 190 valence electrons. The summed E-state index contributed by atoms with van der Waals surface area (Å²) in [6.07, 6.45) is 7.26. The second-order valence-electron chi connectivity index (χ2n) is 10.0. The second-order valence-corrected chi connectivity index (χ2v) is 10.0. The summed E-state index contributed by atoms with van der Waals surface area (Å²) >= 11 is 0. The summed E-state index contributed by atoms with van der Waals surface area (Å²) in [5.41, 5.74) is 1.43. The van der Waals surface area contributed by atoms with Gasteiger partial charge >= 0.3 is 0 Å². The molecule has 3 aromatic rings. The normalized spacial score (nSPS) is 19.7. The lowest BCUT2D eigenvalue weighted by molar-refractivity contribution is -0.0111. The van der Waals surface area contributed by atoms with Crippen molar-refractivity contribution in [2.45, 2.75) is 56.7 Å². The second kappa shape index (κ2) is 11.3. The summed E-state index contributed by atoms with van der Waals surface area (Å²) in [6, 6.07) is 19.7. The van der Waals surface area contributed by atoms with Gasteiger partial charge in [0.15, 0.2) is 5.69 Å². The summed E-state index contributed by atoms with van der Waals surface area (Å²) in [5.74, 6) is 0.777. The quantitative estimate of drug-likeness (QED) is 0.499. The first-order valence-electron chi connectivity index (χ1n) is 13.2. The van der Waals surface area contributed by atoms with E-state index in [0.717, 1.165) is 62.2 Å². The fraction of sp³-hybridized carbons (Fsp3) is 0.448. The molecular weight excluding hydrogens is 452 g/mol. The fourth-order valence-electron chi connectivity index (χ4n) is 5.49. The predicted octanol–water partition coefficient (Wildman–Crippen LogP) is 4.13. The average molecular weight is 489 g/mol. The molecule has 2 aromatic carbocycles. The first-order chi connectivity index (χ1) is 17.6. The van der Waals surface area contributed by atoms with Crippen LogP contribution in [0.2, 0.25) is 0 Å². The van der Waals surface area contributed by atoms with Gasteiger partial charge in [-0.2, -0.15) is 0 Å². The summed E-state index contributed by atoms with van der Waals surface area (Å²) < 4.78 is 7.91. The Morgan fingerprint density at radius 2 is 1.78 bits per heavy atom. The smallest absolute Gasteiger partial charge is 0.275 e. The molecule has 7 nitrogen and oxygen atoms in total. The van der Waals surface area contributed by atoms with Gasteiger partial charge in [-0.25, -0.2) is 4.98 Å². The van der Waals surface area contributed by atoms with Crippen molar-refractivity contribution in [2.75, 3.05) is 26.2 Å². The molecule has 1 aliphatic heterocycles. The molecule has 1 aromatic heterocycles. The first-order valence-corrected chi connectivity index (χ1v) is 13.2. The molecule has 2 fully saturated rings. The average Bonchev–Trinajstić information content (AvgIpc) is 3.33. The molecule has 0 radical (unpaired) electrons. The number of nitrogens with zero attached hydrogens (tertiary/aromatic N) is 3. The van der Waals surface area contributed by atoms with Crippen molar-refractivity contribution >= 4 is 5.91 Å². The number of para-hydroxylation sites is 1. The maximum atomic E-state index is 13.9. The predicted molar refractivity (Wildman–Crippen MR) is 140 cm³/mol. The van der Waals surface area contributed by atoms with E-state index in [2.05, 4.69) is 10.3 Å². The highest BCUT2D eigenvalue weighted by Crippen LogP contribution is 2.33. The van der Waals surface area contributed by atoms with E-state index >= 15 is 0 Å². The zero-order valence-corrected chi connectivity index (χ0v) is 20.8. The Balaban J connectivity index is 1.38. The van der Waals surface area contributed by atoms with Crippen LogP contribution in [-0.4, -0.2) is 63.3 Å². The number of amides is 1. The Morgan fingerprint density at radius 1 is 1.06 bits per heavy atom. The summed E-state index contributed by atoms with van der Waals surface area (Å²) in [7, 11) is 0. The lowest BCUT2D eigenvalue weighted by Gasteiger charge is -2.36. The summed E-state index contributed by atoms with van der Waals surface area (Å²) in [5, 5.41) is 14.7. The highest BCUT2D eigenvalue weighted by Gasteiger charge is 2.34. The van der Waals surface area contributed by atoms with Crippen molar-refractivity contribution in [1.82, 2.24) is 19.8 Å². The number of piperazine rings is 1. The molecule has 0 unspecified atom stereocenters. The van der Waals surface area contributed by atoms with Crippen molar-refractivity contribution in [2.24, 2.45) is 0 Å². The molecule has 7 heteroatoms. The SMILES string of the molecule is O=C(c1ncn(CC2(O)CCCCC2)c1-c1ccccc1)N1CCNC[C@H]1CCOc1ccccc1. The van der Waals surface area contributed by atoms with Gasteiger partial charge in [-0.3, -0.25) is 4.79 Å². The van der Waals surface area contributed by atoms with E-state index in [1.807, 2.05) is 70.1 Å². The number of aliphatic hydroxyl groups is 1. The van der Waals surface area contributed by atoms with Crippen molar-refractivity contribution in [1.29, 1.82) is 0 Å². The topological polar surface area (TPSA) is 79.6 Å². The lowest BCUT2D eigenvalue weighted by Crippen LogP contribution is -2.54. The molecule has 1 saturated carbocycles. The Morgan fingerprint density at radius 3 is 2.53 bits per heavy atom. The number of imidazole rings is 1. The van der Waals surface area contributed by atoms with E-state index in [-0.39, 0.29) is 11.9 Å². The molecule has 1 saturated heterocycles. The standard InChI is InChI=1S/C29H36N4O3/c34-28(33-18-17-30-20-24(33)14-19-36-25-12-6-2-7-13-25)26-27(23-10-4-1-5-11-23)32(22-31-26)21-29(35)15-8-3-9-16-29/h1-2,4-7,10-13,22,24,30,35H,3,8-9,14-21H2/t24-/m1/s1. The monoisotopic (exact) mass is 488 g/mol. The third kappa shape index (κ3) is 5.63. The van der Waals surface area contributed by atoms with E-state index in [1.54, 1.807) is 6.33 Å². The van der Waals surface area contributed by atoms with Crippen LogP contribution in [0, 0.1) is 0 Å². The number of carbonyl (C=O) groups is 1. The third-order valence-corrected chi connectivity index (χ3v) is 7.41. The van der Waals surface area contributed by atoms with E-state index in [0.29, 0.717) is 25.4 Å². The van der Waals surface area contributed by atoms with Crippen LogP contribution >= 0.6 is 0 Å². The molecular formula is C29H36N4O3. The van der Waals surface area contributed by atoms with Crippen LogP contribution in [0.5, 0.6) is 5.75 Å². The number of nitrogens with one attached hydrogen (secondary N) is 1. The Hall–Kier alpha value is -3.16. The van der Waals surface area contributed by atoms with Crippen molar-refractivity contribution in [3.05, 3.63) is 72.7 Å². The lowest BCUT2D eigenvalue weighted by atomic mass is 9.84. The molecule has 2 heterocycles. The first kappa shape index (κ1) is 24.5. The maximum absolute atomic E-state index is 13.9. The highest BCUT2D eigenvalue weighted by molar-refractivity contribution is 5.98. The van der Waals surface area contributed by atoms with Gasteiger partial charge in [0, 0.05) is 37.7 Å². The van der Waals surface area contributed by atoms with E-state index < -0.39 is 5.60 Å². The molecule has 2 N–H and O–H groups in total. The molecule has 1 aliphatic carbocycles. The minimum atomic E-state index is -0.755. The molecule has 0 spiro atoms. The van der Waals surface area contributed by atoms with Gasteiger partial charge < -0.3 is 24.6 Å². The number of hydrogen-bond acceptors (Lipinski definition) is 5. The van der Waals surface area contributed by atoms with Gasteiger partial charge in [-0.05, 0) is 25.0 Å². The number of aromatic nitrogens is 2. The fourth-order valence-corrected chi connectivity index (χ4v) is 5.49. The number of benzene rings is 2. The van der Waals surface area contributed by atoms with Crippen LogP contribution in [0.15, 0.2) is 67.0 Å². The number of hydrogen-bond donors (Lipinski definition) is 2. The van der Waals surface area contributed by atoms with E-state index in [4.69, 9.17) is 4.74 Å². The van der Waals surface area contributed by atoms with Crippen LogP contribution in [0.1, 0.15) is 49.0 Å². The van der Waals surface area contributed by atoms with Gasteiger partial charge in [0.1, 0.15) is 5.75 Å². The number of rotatable bonds is 8. The Labute approximate surface area is 213 Å². The van der Waals surface area contributed by atoms with Crippen molar-refractivity contribution in [3.63, 3.8) is 0 Å². The minimum Gasteiger partial charge on any atom is -0.494 e. The molecule has 5 rings (SSSR count). The number of carbonyl (C=O) groups excluding carboxylic acids is 1. The zero-order valence-electron chi connectivity index (χ0n) is 20.8. The van der Waals surface area contributed by atoms with Crippen molar-refractivity contribution in [3.8, 4) is 17.0 Å². The molecule has 1 atom stereocenters. The Bertz CT molecular complexity index is 1130. The highest BCUT2D eigenvalue weighted by atomic mass is 16.5. The van der Waals surface area contributed by atoms with Gasteiger partial charge in [0.2, 0.25) is 0 Å². The minimum absolute atomic E-state index is 0.0197. The van der Waals surface area contributed by atoms with Gasteiger partial charge in [0.25, 0.3) is 5.91 Å². The van der Waals surface area contributed by atoms with Crippen molar-refractivity contribution < 1.29 is 14.6 Å². The van der Waals surface area contributed by atoms with Crippen LogP contribution in [-0.2, 0) is 6.54 Å². The molecule has 1 amide bonds. The van der Waals surface area contributed by atoms with Crippen LogP contribution in [0.25, 0.3) is 11.3 Å². The summed E-state index contributed by atoms with van der Waals surface area (Å²) in [6.45, 7) is 3.09. The van der Waals surface area contributed by atoms with Crippen LogP contribution in [0.4, 0.5) is 0 Å². The van der Waals surface area contributed by atoms with Gasteiger partial charge in [-0.15, -0.1) is 0 Å². The van der Waals surface area contributed by atoms with Crippen LogP contribution in [0.3, 0.4) is 0 Å². The Kier molecular flexibility index (Phi) is 7.68. The maximum Gasteiger partial charge on any atom is 0.275 e. The summed E-state index contributed by atoms with van der Waals surface area (Å²) in [4.78, 5) is 20.5. The van der Waals surface area contributed by atoms with Gasteiger partial charge in [0.05, 0.1) is 30.8 Å². The van der Waals surface area contributed by atoms with E-state index in [1.165, 1.54) is 6.42 Å². The van der Waals surface area contributed by atoms with Gasteiger partial charge in [-0.1, -0.05) is 67.8 Å². The molecule has 36 heavy (non-hydrogen) atoms. The molecule has 0 bridgehead atoms. The van der Waals surface area contributed by atoms with E-state index in [9.17, 15) is 9.90 Å². The largest absolute Gasteiger partial charge is 0.494 e. The molecule has 2 aliphatic rings.